The number of carbonyl (C=O) groups excluding carboxylic acids is 1. The summed E-state index contributed by atoms with van der Waals surface area (Å²) in [6.45, 7) is 4.93. The lowest BCUT2D eigenvalue weighted by atomic mass is 9.82. The lowest BCUT2D eigenvalue weighted by Gasteiger charge is -2.45. The van der Waals surface area contributed by atoms with Crippen LogP contribution in [0.3, 0.4) is 0 Å². The van der Waals surface area contributed by atoms with Crippen molar-refractivity contribution in [2.45, 2.75) is 52.1 Å². The zero-order chi connectivity index (χ0) is 25.1. The number of nitrogens with one attached hydrogen (secondary N) is 1. The molecule has 1 unspecified atom stereocenters. The van der Waals surface area contributed by atoms with Crippen LogP contribution in [0.4, 0.5) is 0 Å². The molecule has 7 nitrogen and oxygen atoms in total. The number of hydrogen-bond acceptors (Lipinski definition) is 5. The molecular formula is C28H37BClN5O2. The second kappa shape index (κ2) is 12.3. The highest BCUT2D eigenvalue weighted by atomic mass is 35.5. The Morgan fingerprint density at radius 1 is 1.14 bits per heavy atom. The molecule has 37 heavy (non-hydrogen) atoms. The van der Waals surface area contributed by atoms with E-state index in [2.05, 4.69) is 26.9 Å². The number of aryl methyl sites for hydroxylation is 3. The van der Waals surface area contributed by atoms with Crippen LogP contribution in [0, 0.1) is 0 Å². The predicted octanol–water partition coefficient (Wildman–Crippen LogP) is 3.66. The third-order valence-electron chi connectivity index (χ3n) is 7.44. The minimum Gasteiger partial charge on any atom is -0.437 e. The Bertz CT molecular complexity index is 1190. The van der Waals surface area contributed by atoms with E-state index in [1.54, 1.807) is 6.82 Å². The smallest absolute Gasteiger partial charge is 0.376 e. The number of amides is 1. The second-order valence-corrected chi connectivity index (χ2v) is 10.1. The van der Waals surface area contributed by atoms with E-state index in [0.29, 0.717) is 31.2 Å². The minimum absolute atomic E-state index is 0. The molecule has 0 saturated carbocycles. The summed E-state index contributed by atoms with van der Waals surface area (Å²) in [5.41, 5.74) is 4.42. The molecule has 1 amide bonds. The lowest BCUT2D eigenvalue weighted by molar-refractivity contribution is -0.129. The Balaban J connectivity index is 0.00000320. The van der Waals surface area contributed by atoms with E-state index in [1.807, 2.05) is 53.7 Å². The van der Waals surface area contributed by atoms with Crippen molar-refractivity contribution in [3.05, 3.63) is 88.5 Å². The highest BCUT2D eigenvalue weighted by molar-refractivity contribution is 6.45. The minimum atomic E-state index is -0.619. The number of pyridine rings is 1. The average Bonchev–Trinajstić information content (AvgIpc) is 3.34. The van der Waals surface area contributed by atoms with Gasteiger partial charge in [-0.05, 0) is 67.0 Å². The first kappa shape index (κ1) is 27.4. The van der Waals surface area contributed by atoms with E-state index in [1.165, 1.54) is 11.1 Å². The van der Waals surface area contributed by atoms with Gasteiger partial charge in [0.05, 0.1) is 11.7 Å². The second-order valence-electron chi connectivity index (χ2n) is 9.71. The number of hydrogen-bond donors (Lipinski definition) is 2. The van der Waals surface area contributed by atoms with Gasteiger partial charge < -0.3 is 19.7 Å². The maximum absolute atomic E-state index is 13.7. The summed E-state index contributed by atoms with van der Waals surface area (Å²) in [4.78, 5) is 22.7. The molecule has 1 aliphatic carbocycles. The highest BCUT2D eigenvalue weighted by Gasteiger charge is 2.42. The summed E-state index contributed by atoms with van der Waals surface area (Å²) in [5.74, 6) is -0.0248. The van der Waals surface area contributed by atoms with Gasteiger partial charge in [-0.25, -0.2) is 0 Å². The first-order chi connectivity index (χ1) is 17.5. The van der Waals surface area contributed by atoms with Crippen LogP contribution in [0.25, 0.3) is 0 Å². The van der Waals surface area contributed by atoms with E-state index in [-0.39, 0.29) is 19.4 Å². The molecule has 0 spiro atoms. The fourth-order valence-corrected chi connectivity index (χ4v) is 5.85. The van der Waals surface area contributed by atoms with Gasteiger partial charge in [0.25, 0.3) is 0 Å². The van der Waals surface area contributed by atoms with Crippen LogP contribution in [0.2, 0.25) is 11.8 Å². The lowest BCUT2D eigenvalue weighted by Crippen LogP contribution is -2.62. The molecule has 3 heterocycles. The third kappa shape index (κ3) is 5.93. The van der Waals surface area contributed by atoms with E-state index >= 15 is 0 Å². The molecule has 196 valence electrons. The molecule has 5 rings (SSSR count). The largest absolute Gasteiger partial charge is 0.437 e. The van der Waals surface area contributed by atoms with Crippen LogP contribution >= 0.6 is 11.6 Å². The van der Waals surface area contributed by atoms with Crippen molar-refractivity contribution < 1.29 is 9.82 Å². The first-order valence-corrected chi connectivity index (χ1v) is 13.2. The van der Waals surface area contributed by atoms with Crippen LogP contribution in [-0.4, -0.2) is 69.5 Å². The first-order valence-electron chi connectivity index (χ1n) is 12.8. The summed E-state index contributed by atoms with van der Waals surface area (Å²) in [6, 6.07) is 13.5. The summed E-state index contributed by atoms with van der Waals surface area (Å²) < 4.78 is 2.11. The van der Waals surface area contributed by atoms with Gasteiger partial charge >= 0.3 is 7.05 Å². The zero-order valence-corrected chi connectivity index (χ0v) is 21.4. The molecular weight excluding hydrogens is 485 g/mol. The Labute approximate surface area is 225 Å². The number of piperazine rings is 1. The summed E-state index contributed by atoms with van der Waals surface area (Å²) in [6.07, 6.45) is 8.50. The van der Waals surface area contributed by atoms with Crippen LogP contribution in [0.1, 0.15) is 42.3 Å². The van der Waals surface area contributed by atoms with Crippen molar-refractivity contribution in [1.82, 2.24) is 24.6 Å². The SMILES string of the molecule is C.CB(O)N1CCN(C2c3ncccc3CCc3cccc(Cl)c32)[C@@H](C(=O)NCCCn2cccc2)C1. The predicted molar refractivity (Wildman–Crippen MR) is 150 cm³/mol. The van der Waals surface area contributed by atoms with Crippen LogP contribution < -0.4 is 5.32 Å². The number of benzene rings is 1. The van der Waals surface area contributed by atoms with Crippen LogP contribution in [0.15, 0.2) is 61.1 Å². The van der Waals surface area contributed by atoms with Crippen molar-refractivity contribution in [1.29, 1.82) is 0 Å². The van der Waals surface area contributed by atoms with E-state index in [9.17, 15) is 9.82 Å². The number of rotatable bonds is 7. The average molecular weight is 522 g/mol. The fourth-order valence-electron chi connectivity index (χ4n) is 5.55. The molecule has 2 atom stereocenters. The Kier molecular flexibility index (Phi) is 9.08. The Morgan fingerprint density at radius 2 is 1.89 bits per heavy atom. The van der Waals surface area contributed by atoms with Crippen LogP contribution in [-0.2, 0) is 24.2 Å². The van der Waals surface area contributed by atoms with Crippen molar-refractivity contribution in [3.63, 3.8) is 0 Å². The van der Waals surface area contributed by atoms with Gasteiger partial charge in [-0.2, -0.15) is 0 Å². The molecule has 9 heteroatoms. The van der Waals surface area contributed by atoms with Gasteiger partial charge in [-0.15, -0.1) is 0 Å². The normalized spacial score (nSPS) is 19.8. The summed E-state index contributed by atoms with van der Waals surface area (Å²) in [7, 11) is -0.619. The van der Waals surface area contributed by atoms with E-state index < -0.39 is 13.1 Å². The van der Waals surface area contributed by atoms with Gasteiger partial charge in [0.2, 0.25) is 5.91 Å². The molecule has 2 aliphatic rings. The Morgan fingerprint density at radius 3 is 2.68 bits per heavy atom. The number of nitrogens with zero attached hydrogens (tertiary/aromatic N) is 4. The van der Waals surface area contributed by atoms with Gasteiger partial charge in [-0.3, -0.25) is 14.7 Å². The van der Waals surface area contributed by atoms with E-state index in [4.69, 9.17) is 16.6 Å². The van der Waals surface area contributed by atoms with Gasteiger partial charge in [0.1, 0.15) is 6.04 Å². The van der Waals surface area contributed by atoms with Gasteiger partial charge in [-0.1, -0.05) is 37.2 Å². The fraction of sp³-hybridized carbons (Fsp3) is 0.429. The standard InChI is InChI=1S/C27H33BClN5O2.CH4/c1-28(36)33-17-18-34(23(19-33)27(35)31-13-6-16-32-14-2-3-15-32)26-24-20(7-4-9-22(24)29)10-11-21-8-5-12-30-25(21)26;/h2-5,7-9,12,14-15,23,26,36H,6,10-11,13,16-19H2,1H3,(H,31,35);1H4/t23-,26?;/m1./s1. The molecule has 1 aromatic carbocycles. The van der Waals surface area contributed by atoms with Gasteiger partial charge in [0, 0.05) is 56.3 Å². The topological polar surface area (TPSA) is 73.6 Å². The highest BCUT2D eigenvalue weighted by Crippen LogP contribution is 2.41. The molecule has 1 aliphatic heterocycles. The molecule has 2 aromatic heterocycles. The monoisotopic (exact) mass is 521 g/mol. The molecule has 2 N–H and O–H groups in total. The van der Waals surface area contributed by atoms with Crippen molar-refractivity contribution in [3.8, 4) is 0 Å². The van der Waals surface area contributed by atoms with Gasteiger partial charge in [0.15, 0.2) is 0 Å². The van der Waals surface area contributed by atoms with Crippen LogP contribution in [0.5, 0.6) is 0 Å². The zero-order valence-electron chi connectivity index (χ0n) is 20.7. The maximum atomic E-state index is 13.7. The molecule has 3 aromatic rings. The quantitative estimate of drug-likeness (QED) is 0.367. The number of halogens is 1. The maximum Gasteiger partial charge on any atom is 0.376 e. The molecule has 0 bridgehead atoms. The molecule has 1 fully saturated rings. The number of fused-ring (bicyclic) bond motifs is 2. The van der Waals surface area contributed by atoms with E-state index in [0.717, 1.165) is 37.1 Å². The number of carbonyl (C=O) groups is 1. The van der Waals surface area contributed by atoms with Crippen molar-refractivity contribution in [2.75, 3.05) is 26.2 Å². The summed E-state index contributed by atoms with van der Waals surface area (Å²) in [5, 5.41) is 14.2. The summed E-state index contributed by atoms with van der Waals surface area (Å²) >= 11 is 6.85. The Hall–Kier alpha value is -2.65. The third-order valence-corrected chi connectivity index (χ3v) is 7.77. The number of aromatic nitrogens is 2. The molecule has 0 radical (unpaired) electrons. The van der Waals surface area contributed by atoms with Crippen molar-refractivity contribution in [2.24, 2.45) is 0 Å². The van der Waals surface area contributed by atoms with Crippen molar-refractivity contribution >= 4 is 24.6 Å². The molecule has 1 saturated heterocycles.